The van der Waals surface area contributed by atoms with E-state index >= 15 is 0 Å². The molecular formula is C40H63N6O9P. The van der Waals surface area contributed by atoms with Gasteiger partial charge in [0.1, 0.15) is 35.7 Å². The number of aromatic nitrogens is 4. The van der Waals surface area contributed by atoms with Crippen molar-refractivity contribution in [2.45, 2.75) is 147 Å². The van der Waals surface area contributed by atoms with Crippen LogP contribution in [0.1, 0.15) is 133 Å². The zero-order chi connectivity index (χ0) is 40.3. The monoisotopic (exact) mass is 802 g/mol. The predicted octanol–water partition coefficient (Wildman–Crippen LogP) is 6.91. The molecule has 16 heteroatoms. The van der Waals surface area contributed by atoms with E-state index in [0.29, 0.717) is 23.3 Å². The Kier molecular flexibility index (Phi) is 19.1. The molecule has 1 fully saturated rings. The van der Waals surface area contributed by atoms with Crippen molar-refractivity contribution in [2.24, 2.45) is 0 Å². The van der Waals surface area contributed by atoms with Crippen molar-refractivity contribution in [1.82, 2.24) is 19.6 Å². The Hall–Kier alpha value is -3.03. The third-order valence-corrected chi connectivity index (χ3v) is 11.3. The van der Waals surface area contributed by atoms with Crippen molar-refractivity contribution in [3.63, 3.8) is 0 Å². The Morgan fingerprint density at radius 1 is 1.00 bits per heavy atom. The Morgan fingerprint density at radius 2 is 1.64 bits per heavy atom. The lowest BCUT2D eigenvalue weighted by Gasteiger charge is -2.32. The number of nitrogens with zero attached hydrogens (tertiary/aromatic N) is 5. The van der Waals surface area contributed by atoms with Crippen LogP contribution in [-0.4, -0.2) is 85.5 Å². The van der Waals surface area contributed by atoms with Crippen LogP contribution in [-0.2, 0) is 40.0 Å². The van der Waals surface area contributed by atoms with E-state index in [1.54, 1.807) is 24.4 Å². The molecule has 0 spiro atoms. The Labute approximate surface area is 331 Å². The molecule has 4 heterocycles. The molecule has 1 aliphatic heterocycles. The number of hydrogen-bond donors (Lipinski definition) is 4. The summed E-state index contributed by atoms with van der Waals surface area (Å²) in [6, 6.07) is 6.85. The van der Waals surface area contributed by atoms with Crippen LogP contribution in [0, 0.1) is 11.3 Å². The fourth-order valence-corrected chi connectivity index (χ4v) is 7.78. The lowest BCUT2D eigenvalue weighted by Crippen LogP contribution is -2.49. The molecule has 4 rings (SSSR count). The quantitative estimate of drug-likeness (QED) is 0.0414. The van der Waals surface area contributed by atoms with Gasteiger partial charge in [-0.2, -0.15) is 10.4 Å². The highest BCUT2D eigenvalue weighted by Crippen LogP contribution is 2.47. The van der Waals surface area contributed by atoms with E-state index in [4.69, 9.17) is 29.0 Å². The van der Waals surface area contributed by atoms with E-state index in [9.17, 15) is 24.9 Å². The van der Waals surface area contributed by atoms with E-state index in [0.717, 1.165) is 19.3 Å². The number of nitrogens with two attached hydrogens (primary N) is 1. The van der Waals surface area contributed by atoms with E-state index in [2.05, 4.69) is 22.0 Å². The van der Waals surface area contributed by atoms with Gasteiger partial charge in [-0.1, -0.05) is 103 Å². The molecule has 312 valence electrons. The highest BCUT2D eigenvalue weighted by atomic mass is 31.2. The van der Waals surface area contributed by atoms with Gasteiger partial charge in [0, 0.05) is 19.0 Å². The number of rotatable bonds is 29. The van der Waals surface area contributed by atoms with Crippen LogP contribution in [0.25, 0.3) is 5.52 Å². The van der Waals surface area contributed by atoms with Crippen LogP contribution in [0.5, 0.6) is 0 Å². The summed E-state index contributed by atoms with van der Waals surface area (Å²) in [4.78, 5) is 18.6. The number of phosphoric ester groups is 1. The van der Waals surface area contributed by atoms with Crippen LogP contribution in [0.3, 0.4) is 0 Å². The maximum absolute atomic E-state index is 13.1. The lowest BCUT2D eigenvalue weighted by molar-refractivity contribution is -0.101. The normalized spacial score (nSPS) is 21.3. The summed E-state index contributed by atoms with van der Waals surface area (Å²) in [5, 5.41) is 36.1. The minimum absolute atomic E-state index is 0.0667. The molecule has 56 heavy (non-hydrogen) atoms. The highest BCUT2D eigenvalue weighted by molar-refractivity contribution is 7.47. The molecule has 15 nitrogen and oxygen atoms in total. The van der Waals surface area contributed by atoms with Gasteiger partial charge in [-0.15, -0.1) is 0 Å². The number of nitrogen functional groups attached to an aromatic ring is 1. The fraction of sp³-hybridized carbons (Fsp3) is 0.700. The van der Waals surface area contributed by atoms with Gasteiger partial charge in [-0.05, 0) is 37.1 Å². The Balaban J connectivity index is 1.17. The summed E-state index contributed by atoms with van der Waals surface area (Å²) in [6.07, 6.45) is 22.4. The number of ether oxygens (including phenoxy) is 3. The van der Waals surface area contributed by atoms with Crippen molar-refractivity contribution >= 4 is 19.2 Å². The molecule has 0 saturated carbocycles. The second-order valence-electron chi connectivity index (χ2n) is 15.1. The van der Waals surface area contributed by atoms with Gasteiger partial charge in [0.2, 0.25) is 0 Å². The number of anilines is 1. The molecule has 0 aliphatic carbocycles. The molecule has 0 bridgehead atoms. The van der Waals surface area contributed by atoms with Gasteiger partial charge in [0.05, 0.1) is 44.3 Å². The van der Waals surface area contributed by atoms with Gasteiger partial charge in [-0.3, -0.25) is 14.0 Å². The second kappa shape index (κ2) is 23.4. The van der Waals surface area contributed by atoms with Gasteiger partial charge in [-0.25, -0.2) is 14.1 Å². The number of unbranched alkanes of at least 4 members (excludes halogenated alkanes) is 15. The molecule has 1 aliphatic rings. The average Bonchev–Trinajstić information content (AvgIpc) is 3.74. The van der Waals surface area contributed by atoms with Gasteiger partial charge >= 0.3 is 7.82 Å². The zero-order valence-electron chi connectivity index (χ0n) is 33.2. The third-order valence-electron chi connectivity index (χ3n) is 10.4. The maximum atomic E-state index is 13.1. The number of nitriles is 1. The van der Waals surface area contributed by atoms with E-state index in [1.165, 1.54) is 107 Å². The predicted molar refractivity (Wildman–Crippen MR) is 211 cm³/mol. The summed E-state index contributed by atoms with van der Waals surface area (Å²) in [6.45, 7) is 3.09. The number of aliphatic hydroxyl groups is 2. The van der Waals surface area contributed by atoms with Crippen LogP contribution >= 0.6 is 7.82 Å². The van der Waals surface area contributed by atoms with E-state index in [-0.39, 0.29) is 37.9 Å². The van der Waals surface area contributed by atoms with Crippen LogP contribution in [0.2, 0.25) is 0 Å². The van der Waals surface area contributed by atoms with E-state index in [1.807, 2.05) is 6.07 Å². The molecule has 5 N–H and O–H groups in total. The summed E-state index contributed by atoms with van der Waals surface area (Å²) < 4.78 is 42.7. The van der Waals surface area contributed by atoms with Crippen LogP contribution < -0.4 is 5.73 Å². The molecular weight excluding hydrogens is 739 g/mol. The summed E-state index contributed by atoms with van der Waals surface area (Å²) in [5.74, 6) is 0.188. The third kappa shape index (κ3) is 14.1. The number of hydrogen-bond acceptors (Lipinski definition) is 13. The van der Waals surface area contributed by atoms with Crippen molar-refractivity contribution in [1.29, 1.82) is 5.26 Å². The molecule has 0 aromatic carbocycles. The molecule has 3 aromatic rings. The number of fused-ring (bicyclic) bond motifs is 1. The average molecular weight is 803 g/mol. The summed E-state index contributed by atoms with van der Waals surface area (Å²) >= 11 is 0. The first kappa shape index (κ1) is 45.7. The molecule has 3 aromatic heterocycles. The number of pyridine rings is 1. The molecule has 0 amide bonds. The minimum atomic E-state index is -4.71. The Morgan fingerprint density at radius 3 is 2.29 bits per heavy atom. The minimum Gasteiger partial charge on any atom is -0.386 e. The van der Waals surface area contributed by atoms with Crippen molar-refractivity contribution < 1.29 is 42.9 Å². The molecule has 5 atom stereocenters. The van der Waals surface area contributed by atoms with Crippen LogP contribution in [0.15, 0.2) is 36.9 Å². The smallest absolute Gasteiger partial charge is 0.386 e. The first-order valence-corrected chi connectivity index (χ1v) is 21.8. The van der Waals surface area contributed by atoms with Gasteiger partial charge in [0.15, 0.2) is 11.4 Å². The molecule has 0 radical (unpaired) electrons. The van der Waals surface area contributed by atoms with Crippen molar-refractivity contribution in [3.8, 4) is 6.07 Å². The van der Waals surface area contributed by atoms with Gasteiger partial charge < -0.3 is 35.1 Å². The number of aliphatic hydroxyl groups excluding tert-OH is 1. The molecule has 2 unspecified atom stereocenters. The highest BCUT2D eigenvalue weighted by Gasteiger charge is 2.58. The van der Waals surface area contributed by atoms with E-state index < -0.39 is 37.8 Å². The van der Waals surface area contributed by atoms with Crippen LogP contribution in [0.4, 0.5) is 5.82 Å². The Bertz CT molecular complexity index is 1690. The first-order chi connectivity index (χ1) is 27.0. The van der Waals surface area contributed by atoms with Gasteiger partial charge in [0.25, 0.3) is 0 Å². The standard InChI is InChI=1S/C40H63N6O9P/c1-3-4-5-6-7-8-9-10-11-12-13-14-15-16-17-18-21-51-27-34(52-26-33-22-32(23-41)24-43-25-33)28-54-56(49,50)55-29-39(2)38(47)40(48,30-53-39)36-20-19-35-37(42)44-31-45-46(35)36/h19-20,22,24-25,31,34,38,47-48H,3-18,21,26-30H2,1-2H3,(H,49,50)(H2,42,44,45)/t34-,38-,39-,40?/m1/s1. The maximum Gasteiger partial charge on any atom is 0.472 e. The number of phosphoric acid groups is 1. The topological polar surface area (TPSA) is 217 Å². The lowest BCUT2D eigenvalue weighted by atomic mass is 9.86. The first-order valence-electron chi connectivity index (χ1n) is 20.3. The summed E-state index contributed by atoms with van der Waals surface area (Å²) in [5.41, 5.74) is 4.06. The van der Waals surface area contributed by atoms with Crippen molar-refractivity contribution in [3.05, 3.63) is 53.7 Å². The summed E-state index contributed by atoms with van der Waals surface area (Å²) in [7, 11) is -4.71. The van der Waals surface area contributed by atoms with Crippen molar-refractivity contribution in [2.75, 3.05) is 38.8 Å². The second-order valence-corrected chi connectivity index (χ2v) is 16.6. The SMILES string of the molecule is CCCCCCCCCCCCCCCCCCOC[C@H](COP(=O)(O)OC[C@@]1(C)OCC(O)(c2ccc3c(N)ncnn23)[C@@H]1O)OCc1cncc(C#N)c1. The zero-order valence-corrected chi connectivity index (χ0v) is 34.1. The fourth-order valence-electron chi connectivity index (χ4n) is 6.93. The molecule has 1 saturated heterocycles. The largest absolute Gasteiger partial charge is 0.472 e.